The van der Waals surface area contributed by atoms with Gasteiger partial charge in [0.15, 0.2) is 0 Å². The van der Waals surface area contributed by atoms with E-state index in [9.17, 15) is 0 Å². The molecule has 0 radical (unpaired) electrons. The number of aryl methyl sites for hydroxylation is 1. The smallest absolute Gasteiger partial charge is 0.119 e. The van der Waals surface area contributed by atoms with Crippen LogP contribution in [0.1, 0.15) is 25.3 Å². The minimum atomic E-state index is 0.828. The highest BCUT2D eigenvalue weighted by Crippen LogP contribution is 2.31. The van der Waals surface area contributed by atoms with Crippen LogP contribution in [0.5, 0.6) is 5.75 Å². The van der Waals surface area contributed by atoms with Crippen molar-refractivity contribution in [3.8, 4) is 5.75 Å². The van der Waals surface area contributed by atoms with Gasteiger partial charge in [-0.2, -0.15) is 10.2 Å². The summed E-state index contributed by atoms with van der Waals surface area (Å²) < 4.78 is 5.15. The Morgan fingerprint density at radius 2 is 1.78 bits per heavy atom. The predicted octanol–water partition coefficient (Wildman–Crippen LogP) is 5.27. The maximum absolute atomic E-state index is 5.15. The van der Waals surface area contributed by atoms with Crippen molar-refractivity contribution in [1.29, 1.82) is 0 Å². The Bertz CT molecular complexity index is 680. The molecule has 0 atom stereocenters. The lowest BCUT2D eigenvalue weighted by atomic mass is 10.0. The molecule has 0 amide bonds. The number of benzene rings is 2. The highest BCUT2D eigenvalue weighted by Gasteiger charge is 2.16. The summed E-state index contributed by atoms with van der Waals surface area (Å²) in [6, 6.07) is 14.0. The van der Waals surface area contributed by atoms with Gasteiger partial charge in [-0.25, -0.2) is 0 Å². The van der Waals surface area contributed by atoms with E-state index < -0.39 is 0 Å². The number of methoxy groups -OCH3 is 1. The lowest BCUT2D eigenvalue weighted by molar-refractivity contribution is 0.415. The second-order valence-electron chi connectivity index (χ2n) is 5.80. The van der Waals surface area contributed by atoms with Gasteiger partial charge in [-0.1, -0.05) is 6.92 Å². The van der Waals surface area contributed by atoms with Crippen molar-refractivity contribution in [1.82, 2.24) is 0 Å². The Morgan fingerprint density at radius 3 is 2.52 bits per heavy atom. The molecule has 120 valence electrons. The van der Waals surface area contributed by atoms with E-state index in [0.29, 0.717) is 0 Å². The first-order valence-corrected chi connectivity index (χ1v) is 8.24. The van der Waals surface area contributed by atoms with Crippen LogP contribution in [0.15, 0.2) is 52.7 Å². The molecular formula is C19H23N3O. The summed E-state index contributed by atoms with van der Waals surface area (Å²) in [5.74, 6) is 0.828. The van der Waals surface area contributed by atoms with Gasteiger partial charge < -0.3 is 9.64 Å². The normalized spacial score (nSPS) is 14.1. The van der Waals surface area contributed by atoms with Crippen molar-refractivity contribution in [2.45, 2.75) is 26.2 Å². The highest BCUT2D eigenvalue weighted by molar-refractivity contribution is 5.60. The molecular weight excluding hydrogens is 286 g/mol. The quantitative estimate of drug-likeness (QED) is 0.705. The van der Waals surface area contributed by atoms with Crippen LogP contribution in [0.4, 0.5) is 17.1 Å². The van der Waals surface area contributed by atoms with Crippen LogP contribution >= 0.6 is 0 Å². The molecule has 0 spiro atoms. The fraction of sp³-hybridized carbons (Fsp3) is 0.368. The fourth-order valence-electron chi connectivity index (χ4n) is 2.99. The molecule has 4 nitrogen and oxygen atoms in total. The largest absolute Gasteiger partial charge is 0.497 e. The highest BCUT2D eigenvalue weighted by atomic mass is 16.5. The van der Waals surface area contributed by atoms with Crippen molar-refractivity contribution in [2.75, 3.05) is 25.1 Å². The minimum absolute atomic E-state index is 0.828. The minimum Gasteiger partial charge on any atom is -0.497 e. The van der Waals surface area contributed by atoms with Gasteiger partial charge in [0.25, 0.3) is 0 Å². The third-order valence-electron chi connectivity index (χ3n) is 4.12. The van der Waals surface area contributed by atoms with Crippen LogP contribution in [0, 0.1) is 0 Å². The van der Waals surface area contributed by atoms with Crippen LogP contribution in [0.2, 0.25) is 0 Å². The Kier molecular flexibility index (Phi) is 4.91. The van der Waals surface area contributed by atoms with Gasteiger partial charge in [0.05, 0.1) is 18.5 Å². The number of ether oxygens (including phenoxy) is 1. The van der Waals surface area contributed by atoms with Gasteiger partial charge in [0.1, 0.15) is 5.75 Å². The van der Waals surface area contributed by atoms with Gasteiger partial charge >= 0.3 is 0 Å². The maximum atomic E-state index is 5.15. The summed E-state index contributed by atoms with van der Waals surface area (Å²) in [6.07, 6.45) is 3.52. The van der Waals surface area contributed by atoms with Gasteiger partial charge in [-0.15, -0.1) is 0 Å². The van der Waals surface area contributed by atoms with E-state index in [0.717, 1.165) is 36.6 Å². The summed E-state index contributed by atoms with van der Waals surface area (Å²) in [6.45, 7) is 4.51. The molecule has 0 unspecified atom stereocenters. The SMILES string of the molecule is CCCN1CCCc2cc(N=Nc3ccc(OC)cc3)ccc21. The van der Waals surface area contributed by atoms with Crippen molar-refractivity contribution < 1.29 is 4.74 Å². The summed E-state index contributed by atoms with van der Waals surface area (Å²) in [5.41, 5.74) is 4.49. The van der Waals surface area contributed by atoms with Crippen LogP contribution < -0.4 is 9.64 Å². The third-order valence-corrected chi connectivity index (χ3v) is 4.12. The standard InChI is InChI=1S/C19H23N3O/c1-3-12-22-13-4-5-15-14-17(8-11-19(15)22)21-20-16-6-9-18(23-2)10-7-16/h6-11,14H,3-5,12-13H2,1-2H3. The van der Waals surface area contributed by atoms with Crippen LogP contribution in [-0.2, 0) is 6.42 Å². The molecule has 0 N–H and O–H groups in total. The summed E-state index contributed by atoms with van der Waals surface area (Å²) in [5, 5.41) is 8.69. The predicted molar refractivity (Wildman–Crippen MR) is 94.4 cm³/mol. The van der Waals surface area contributed by atoms with E-state index in [-0.39, 0.29) is 0 Å². The number of azo groups is 1. The number of hydrogen-bond acceptors (Lipinski definition) is 4. The molecule has 0 saturated carbocycles. The van der Waals surface area contributed by atoms with Gasteiger partial charge in [-0.05, 0) is 67.3 Å². The average Bonchev–Trinajstić information content (AvgIpc) is 2.60. The van der Waals surface area contributed by atoms with E-state index in [1.807, 2.05) is 24.3 Å². The molecule has 0 aliphatic carbocycles. The van der Waals surface area contributed by atoms with Crippen LogP contribution in [-0.4, -0.2) is 20.2 Å². The summed E-state index contributed by atoms with van der Waals surface area (Å²) in [7, 11) is 1.66. The molecule has 0 aromatic heterocycles. The first-order valence-electron chi connectivity index (χ1n) is 8.24. The lowest BCUT2D eigenvalue weighted by Crippen LogP contribution is -2.29. The van der Waals surface area contributed by atoms with Crippen LogP contribution in [0.25, 0.3) is 0 Å². The zero-order valence-electron chi connectivity index (χ0n) is 13.8. The molecule has 1 heterocycles. The molecule has 3 rings (SSSR count). The number of hydrogen-bond donors (Lipinski definition) is 0. The van der Waals surface area contributed by atoms with E-state index in [1.54, 1.807) is 7.11 Å². The Labute approximate surface area is 137 Å². The van der Waals surface area contributed by atoms with Gasteiger partial charge in [-0.3, -0.25) is 0 Å². The van der Waals surface area contributed by atoms with Crippen LogP contribution in [0.3, 0.4) is 0 Å². The number of anilines is 1. The number of nitrogens with zero attached hydrogens (tertiary/aromatic N) is 3. The molecule has 2 aromatic carbocycles. The van der Waals surface area contributed by atoms with Gasteiger partial charge in [0.2, 0.25) is 0 Å². The van der Waals surface area contributed by atoms with Crippen molar-refractivity contribution >= 4 is 17.1 Å². The zero-order chi connectivity index (χ0) is 16.1. The third kappa shape index (κ3) is 3.70. The Balaban J connectivity index is 1.77. The molecule has 2 aromatic rings. The first-order chi connectivity index (χ1) is 11.3. The van der Waals surface area contributed by atoms with Crippen molar-refractivity contribution in [3.05, 3.63) is 48.0 Å². The maximum Gasteiger partial charge on any atom is 0.119 e. The average molecular weight is 309 g/mol. The van der Waals surface area contributed by atoms with Crippen molar-refractivity contribution in [2.24, 2.45) is 10.2 Å². The first kappa shape index (κ1) is 15.5. The lowest BCUT2D eigenvalue weighted by Gasteiger charge is -2.31. The summed E-state index contributed by atoms with van der Waals surface area (Å²) >= 11 is 0. The molecule has 1 aliphatic rings. The van der Waals surface area contributed by atoms with E-state index in [4.69, 9.17) is 4.74 Å². The molecule has 0 fully saturated rings. The van der Waals surface area contributed by atoms with E-state index >= 15 is 0 Å². The Morgan fingerprint density at radius 1 is 1.04 bits per heavy atom. The molecule has 1 aliphatic heterocycles. The Hall–Kier alpha value is -2.36. The molecule has 23 heavy (non-hydrogen) atoms. The molecule has 0 bridgehead atoms. The monoisotopic (exact) mass is 309 g/mol. The van der Waals surface area contributed by atoms with Gasteiger partial charge in [0, 0.05) is 18.8 Å². The number of rotatable bonds is 5. The molecule has 4 heteroatoms. The zero-order valence-corrected chi connectivity index (χ0v) is 13.8. The second-order valence-corrected chi connectivity index (χ2v) is 5.80. The second kappa shape index (κ2) is 7.27. The van der Waals surface area contributed by atoms with E-state index in [2.05, 4.69) is 40.3 Å². The topological polar surface area (TPSA) is 37.2 Å². The van der Waals surface area contributed by atoms with Crippen molar-refractivity contribution in [3.63, 3.8) is 0 Å². The number of fused-ring (bicyclic) bond motifs is 1. The fourth-order valence-corrected chi connectivity index (χ4v) is 2.99. The molecule has 0 saturated heterocycles. The van der Waals surface area contributed by atoms with E-state index in [1.165, 1.54) is 24.1 Å². The summed E-state index contributed by atoms with van der Waals surface area (Å²) in [4.78, 5) is 2.48.